The highest BCUT2D eigenvalue weighted by Gasteiger charge is 2.35. The van der Waals surface area contributed by atoms with Gasteiger partial charge in [0, 0.05) is 31.1 Å². The maximum Gasteiger partial charge on any atom is 0.410 e. The molecule has 0 aliphatic carbocycles. The zero-order valence-corrected chi connectivity index (χ0v) is 17.7. The molecule has 0 unspecified atom stereocenters. The van der Waals surface area contributed by atoms with Gasteiger partial charge in [-0.05, 0) is 58.3 Å². The number of rotatable bonds is 4. The van der Waals surface area contributed by atoms with Crippen LogP contribution in [0.5, 0.6) is 0 Å². The Labute approximate surface area is 171 Å². The van der Waals surface area contributed by atoms with E-state index in [-0.39, 0.29) is 29.7 Å². The van der Waals surface area contributed by atoms with Crippen molar-refractivity contribution in [3.63, 3.8) is 0 Å². The number of halogens is 1. The number of carbonyl (C=O) groups is 2. The van der Waals surface area contributed by atoms with E-state index in [4.69, 9.17) is 9.47 Å². The van der Waals surface area contributed by atoms with Crippen LogP contribution in [0.1, 0.15) is 50.7 Å². The highest BCUT2D eigenvalue weighted by Crippen LogP contribution is 2.30. The monoisotopic (exact) mass is 406 g/mol. The Bertz CT molecular complexity index is 748. The number of benzene rings is 1. The Kier molecular flexibility index (Phi) is 6.46. The molecule has 0 spiro atoms. The second-order valence-corrected chi connectivity index (χ2v) is 9.01. The van der Waals surface area contributed by atoms with Crippen LogP contribution in [0.2, 0.25) is 0 Å². The topological polar surface area (TPSA) is 59.1 Å². The van der Waals surface area contributed by atoms with Gasteiger partial charge < -0.3 is 14.4 Å². The number of likely N-dealkylation sites (tertiary alicyclic amines) is 2. The summed E-state index contributed by atoms with van der Waals surface area (Å²) in [6.45, 7) is 8.68. The largest absolute Gasteiger partial charge is 0.469 e. The van der Waals surface area contributed by atoms with E-state index in [1.807, 2.05) is 32.9 Å². The number of hydrogen-bond donors (Lipinski definition) is 0. The molecule has 6 nitrogen and oxygen atoms in total. The number of nitrogens with zero attached hydrogens (tertiary/aromatic N) is 2. The number of hydrogen-bond acceptors (Lipinski definition) is 5. The molecule has 2 heterocycles. The molecule has 2 fully saturated rings. The second-order valence-electron chi connectivity index (χ2n) is 9.01. The van der Waals surface area contributed by atoms with Crippen LogP contribution in [0.25, 0.3) is 0 Å². The molecule has 0 radical (unpaired) electrons. The molecular formula is C22H31FN2O4. The van der Waals surface area contributed by atoms with Gasteiger partial charge >= 0.3 is 12.1 Å². The van der Waals surface area contributed by atoms with Gasteiger partial charge in [-0.3, -0.25) is 9.69 Å². The molecule has 1 aromatic rings. The van der Waals surface area contributed by atoms with Gasteiger partial charge in [-0.1, -0.05) is 12.1 Å². The molecule has 7 heteroatoms. The predicted molar refractivity (Wildman–Crippen MR) is 107 cm³/mol. The summed E-state index contributed by atoms with van der Waals surface area (Å²) in [5, 5.41) is 0. The quantitative estimate of drug-likeness (QED) is 0.716. The van der Waals surface area contributed by atoms with Gasteiger partial charge in [0.15, 0.2) is 0 Å². The second kappa shape index (κ2) is 8.69. The molecule has 160 valence electrons. The van der Waals surface area contributed by atoms with Crippen molar-refractivity contribution in [3.8, 4) is 0 Å². The number of carbonyl (C=O) groups excluding carboxylic acids is 2. The number of methoxy groups -OCH3 is 1. The summed E-state index contributed by atoms with van der Waals surface area (Å²) >= 11 is 0. The average Bonchev–Trinajstić information content (AvgIpc) is 2.61. The van der Waals surface area contributed by atoms with Crippen molar-refractivity contribution in [1.82, 2.24) is 9.80 Å². The van der Waals surface area contributed by atoms with Crippen molar-refractivity contribution >= 4 is 12.1 Å². The molecule has 2 saturated heterocycles. The normalized spacial score (nSPS) is 19.0. The standard InChI is InChI=1S/C22H31FN2O4/c1-22(2,3)29-21(27)25-13-18(14-25)16-5-6-17(19(23)11-16)12-24-9-7-15(8-10-24)20(26)28-4/h5-6,11,15,18H,7-10,12-14H2,1-4H3. The Balaban J connectivity index is 1.50. The van der Waals surface area contributed by atoms with Crippen LogP contribution in [0.15, 0.2) is 18.2 Å². The first-order chi connectivity index (χ1) is 13.7. The van der Waals surface area contributed by atoms with Crippen molar-refractivity contribution in [2.24, 2.45) is 5.92 Å². The summed E-state index contributed by atoms with van der Waals surface area (Å²) in [6.07, 6.45) is 1.17. The predicted octanol–water partition coefficient (Wildman–Crippen LogP) is 3.55. The lowest BCUT2D eigenvalue weighted by atomic mass is 9.91. The lowest BCUT2D eigenvalue weighted by molar-refractivity contribution is -0.147. The molecule has 0 bridgehead atoms. The maximum atomic E-state index is 14.7. The molecule has 1 aromatic carbocycles. The fraction of sp³-hybridized carbons (Fsp3) is 0.636. The van der Waals surface area contributed by atoms with E-state index < -0.39 is 5.60 Å². The average molecular weight is 406 g/mol. The molecule has 2 aliphatic rings. The van der Waals surface area contributed by atoms with E-state index in [1.165, 1.54) is 7.11 Å². The molecule has 2 aliphatic heterocycles. The molecule has 3 rings (SSSR count). The first-order valence-electron chi connectivity index (χ1n) is 10.2. The summed E-state index contributed by atoms with van der Waals surface area (Å²) in [6, 6.07) is 5.39. The minimum Gasteiger partial charge on any atom is -0.469 e. The lowest BCUT2D eigenvalue weighted by Crippen LogP contribution is -2.50. The fourth-order valence-corrected chi connectivity index (χ4v) is 3.85. The van der Waals surface area contributed by atoms with E-state index >= 15 is 0 Å². The van der Waals surface area contributed by atoms with E-state index in [0.29, 0.717) is 25.2 Å². The van der Waals surface area contributed by atoms with E-state index in [1.54, 1.807) is 11.0 Å². The highest BCUT2D eigenvalue weighted by atomic mass is 19.1. The molecule has 0 N–H and O–H groups in total. The minimum absolute atomic E-state index is 0.0463. The van der Waals surface area contributed by atoms with Gasteiger partial charge in [-0.15, -0.1) is 0 Å². The Morgan fingerprint density at radius 1 is 1.17 bits per heavy atom. The van der Waals surface area contributed by atoms with Crippen molar-refractivity contribution < 1.29 is 23.5 Å². The van der Waals surface area contributed by atoms with Crippen LogP contribution >= 0.6 is 0 Å². The summed E-state index contributed by atoms with van der Waals surface area (Å²) in [4.78, 5) is 27.5. The summed E-state index contributed by atoms with van der Waals surface area (Å²) < 4.78 is 24.8. The van der Waals surface area contributed by atoms with Gasteiger partial charge in [0.05, 0.1) is 13.0 Å². The third-order valence-corrected chi connectivity index (χ3v) is 5.60. The zero-order chi connectivity index (χ0) is 21.2. The summed E-state index contributed by atoms with van der Waals surface area (Å²) in [5.74, 6) is -0.272. The van der Waals surface area contributed by atoms with Gasteiger partial charge in [0.25, 0.3) is 0 Å². The first kappa shape index (κ1) is 21.6. The fourth-order valence-electron chi connectivity index (χ4n) is 3.85. The number of amides is 1. The van der Waals surface area contributed by atoms with Gasteiger partial charge in [-0.2, -0.15) is 0 Å². The number of piperidine rings is 1. The van der Waals surface area contributed by atoms with E-state index in [9.17, 15) is 14.0 Å². The molecule has 1 amide bonds. The highest BCUT2D eigenvalue weighted by molar-refractivity contribution is 5.72. The zero-order valence-electron chi connectivity index (χ0n) is 17.7. The maximum absolute atomic E-state index is 14.7. The summed E-state index contributed by atoms with van der Waals surface area (Å²) in [5.41, 5.74) is 1.06. The van der Waals surface area contributed by atoms with Gasteiger partial charge in [-0.25, -0.2) is 9.18 Å². The molecule has 0 aromatic heterocycles. The van der Waals surface area contributed by atoms with Crippen LogP contribution in [-0.2, 0) is 20.8 Å². The van der Waals surface area contributed by atoms with Crippen molar-refractivity contribution in [2.75, 3.05) is 33.3 Å². The van der Waals surface area contributed by atoms with Crippen LogP contribution in [0, 0.1) is 11.7 Å². The van der Waals surface area contributed by atoms with E-state index in [2.05, 4.69) is 4.90 Å². The summed E-state index contributed by atoms with van der Waals surface area (Å²) in [7, 11) is 1.42. The van der Waals surface area contributed by atoms with Crippen LogP contribution in [-0.4, -0.2) is 60.8 Å². The van der Waals surface area contributed by atoms with Gasteiger partial charge in [0.2, 0.25) is 0 Å². The Morgan fingerprint density at radius 2 is 1.83 bits per heavy atom. The Morgan fingerprint density at radius 3 is 2.38 bits per heavy atom. The van der Waals surface area contributed by atoms with Crippen molar-refractivity contribution in [3.05, 3.63) is 35.1 Å². The van der Waals surface area contributed by atoms with Gasteiger partial charge in [0.1, 0.15) is 11.4 Å². The molecular weight excluding hydrogens is 375 g/mol. The van der Waals surface area contributed by atoms with E-state index in [0.717, 1.165) is 31.5 Å². The lowest BCUT2D eigenvalue weighted by Gasteiger charge is -2.40. The first-order valence-corrected chi connectivity index (χ1v) is 10.2. The third-order valence-electron chi connectivity index (χ3n) is 5.60. The van der Waals surface area contributed by atoms with Crippen molar-refractivity contribution in [2.45, 2.75) is 51.7 Å². The van der Waals surface area contributed by atoms with Crippen LogP contribution in [0.3, 0.4) is 0 Å². The Hall–Kier alpha value is -2.15. The molecule has 0 saturated carbocycles. The minimum atomic E-state index is -0.513. The molecule has 0 atom stereocenters. The third kappa shape index (κ3) is 5.47. The smallest absolute Gasteiger partial charge is 0.410 e. The van der Waals surface area contributed by atoms with Crippen LogP contribution < -0.4 is 0 Å². The number of ether oxygens (including phenoxy) is 2. The molecule has 29 heavy (non-hydrogen) atoms. The number of esters is 1. The van der Waals surface area contributed by atoms with Crippen molar-refractivity contribution in [1.29, 1.82) is 0 Å². The SMILES string of the molecule is COC(=O)C1CCN(Cc2ccc(C3CN(C(=O)OC(C)(C)C)C3)cc2F)CC1. The van der Waals surface area contributed by atoms with Crippen LogP contribution in [0.4, 0.5) is 9.18 Å².